The van der Waals surface area contributed by atoms with Gasteiger partial charge in [-0.05, 0) is 24.1 Å². The molecule has 19 heavy (non-hydrogen) atoms. The van der Waals surface area contributed by atoms with Gasteiger partial charge in [0.15, 0.2) is 0 Å². The molecule has 1 rings (SSSR count). The monoisotopic (exact) mass is 266 g/mol. The summed E-state index contributed by atoms with van der Waals surface area (Å²) in [6.07, 6.45) is 0.690. The first-order chi connectivity index (χ1) is 9.02. The van der Waals surface area contributed by atoms with Gasteiger partial charge in [-0.3, -0.25) is 4.79 Å². The lowest BCUT2D eigenvalue weighted by molar-refractivity contribution is -0.137. The van der Waals surface area contributed by atoms with Crippen LogP contribution in [-0.2, 0) is 11.2 Å². The van der Waals surface area contributed by atoms with Crippen molar-refractivity contribution in [2.75, 3.05) is 32.1 Å². The van der Waals surface area contributed by atoms with Gasteiger partial charge in [0.25, 0.3) is 0 Å². The Kier molecular flexibility index (Phi) is 6.32. The molecule has 0 heterocycles. The van der Waals surface area contributed by atoms with Gasteiger partial charge in [0.1, 0.15) is 0 Å². The van der Waals surface area contributed by atoms with Crippen LogP contribution in [0, 0.1) is 0 Å². The molecule has 0 saturated heterocycles. The van der Waals surface area contributed by atoms with Crippen molar-refractivity contribution < 1.29 is 15.0 Å². The first-order valence-electron chi connectivity index (χ1n) is 6.35. The second-order valence-electron chi connectivity index (χ2n) is 4.74. The number of benzene rings is 1. The number of nitrogens with zero attached hydrogens (tertiary/aromatic N) is 1. The molecule has 0 saturated carbocycles. The van der Waals surface area contributed by atoms with E-state index in [1.165, 1.54) is 0 Å². The van der Waals surface area contributed by atoms with Gasteiger partial charge in [0, 0.05) is 32.4 Å². The summed E-state index contributed by atoms with van der Waals surface area (Å²) >= 11 is 0. The standard InChI is InChI=1S/C14H22N2O3/c1-16(2)13-5-3-11(4-6-13)9-12(10-14(18)19)15-7-8-17/h3-6,12,15,17H,7-10H2,1-2H3,(H,18,19). The molecule has 5 nitrogen and oxygen atoms in total. The first kappa shape index (κ1) is 15.5. The summed E-state index contributed by atoms with van der Waals surface area (Å²) in [5.41, 5.74) is 2.20. The predicted octanol–water partition coefficient (Wildman–Crippen LogP) is 0.720. The van der Waals surface area contributed by atoms with Gasteiger partial charge in [-0.2, -0.15) is 0 Å². The summed E-state index contributed by atoms with van der Waals surface area (Å²) in [5, 5.41) is 20.7. The van der Waals surface area contributed by atoms with E-state index >= 15 is 0 Å². The summed E-state index contributed by atoms with van der Waals surface area (Å²) < 4.78 is 0. The normalized spacial score (nSPS) is 12.2. The number of carboxylic acids is 1. The number of rotatable bonds is 8. The SMILES string of the molecule is CN(C)c1ccc(CC(CC(=O)O)NCCO)cc1. The summed E-state index contributed by atoms with van der Waals surface area (Å²) in [6, 6.07) is 7.88. The fourth-order valence-corrected chi connectivity index (χ4v) is 1.91. The van der Waals surface area contributed by atoms with Crippen molar-refractivity contribution in [2.24, 2.45) is 0 Å². The highest BCUT2D eigenvalue weighted by molar-refractivity contribution is 5.67. The lowest BCUT2D eigenvalue weighted by Gasteiger charge is -2.17. The van der Waals surface area contributed by atoms with Gasteiger partial charge in [-0.25, -0.2) is 0 Å². The Morgan fingerprint density at radius 3 is 2.42 bits per heavy atom. The Labute approximate surface area is 113 Å². The highest BCUT2D eigenvalue weighted by atomic mass is 16.4. The lowest BCUT2D eigenvalue weighted by atomic mass is 10.0. The number of nitrogens with one attached hydrogen (secondary N) is 1. The van der Waals surface area contributed by atoms with Crippen LogP contribution in [0.15, 0.2) is 24.3 Å². The van der Waals surface area contributed by atoms with Gasteiger partial charge in [0.05, 0.1) is 13.0 Å². The second kappa shape index (κ2) is 7.76. The molecular formula is C14H22N2O3. The maximum Gasteiger partial charge on any atom is 0.304 e. The number of carbonyl (C=O) groups is 1. The van der Waals surface area contributed by atoms with Crippen LogP contribution in [0.25, 0.3) is 0 Å². The zero-order valence-electron chi connectivity index (χ0n) is 11.5. The van der Waals surface area contributed by atoms with Crippen LogP contribution in [0.3, 0.4) is 0 Å². The smallest absolute Gasteiger partial charge is 0.304 e. The summed E-state index contributed by atoms with van der Waals surface area (Å²) in [6.45, 7) is 0.420. The molecule has 5 heteroatoms. The molecule has 0 spiro atoms. The highest BCUT2D eigenvalue weighted by Gasteiger charge is 2.13. The van der Waals surface area contributed by atoms with Gasteiger partial charge in [0.2, 0.25) is 0 Å². The Morgan fingerprint density at radius 2 is 1.95 bits per heavy atom. The molecule has 0 amide bonds. The molecule has 0 radical (unpaired) electrons. The number of hydrogen-bond acceptors (Lipinski definition) is 4. The number of aliphatic hydroxyl groups is 1. The van der Waals surface area contributed by atoms with Crippen molar-refractivity contribution in [1.29, 1.82) is 0 Å². The molecule has 106 valence electrons. The van der Waals surface area contributed by atoms with Gasteiger partial charge in [-0.1, -0.05) is 12.1 Å². The summed E-state index contributed by atoms with van der Waals surface area (Å²) in [4.78, 5) is 12.8. The molecule has 3 N–H and O–H groups in total. The van der Waals surface area contributed by atoms with E-state index in [1.54, 1.807) is 0 Å². The maximum absolute atomic E-state index is 10.8. The zero-order chi connectivity index (χ0) is 14.3. The van der Waals surface area contributed by atoms with E-state index in [-0.39, 0.29) is 19.1 Å². The topological polar surface area (TPSA) is 72.8 Å². The van der Waals surface area contributed by atoms with Crippen LogP contribution in [0.4, 0.5) is 5.69 Å². The fraction of sp³-hybridized carbons (Fsp3) is 0.500. The van der Waals surface area contributed by atoms with Crippen molar-refractivity contribution in [3.05, 3.63) is 29.8 Å². The van der Waals surface area contributed by atoms with Crippen LogP contribution in [-0.4, -0.2) is 49.5 Å². The minimum absolute atomic E-state index is 0.00961. The quantitative estimate of drug-likeness (QED) is 0.646. The fourth-order valence-electron chi connectivity index (χ4n) is 1.91. The van der Waals surface area contributed by atoms with Crippen LogP contribution in [0.5, 0.6) is 0 Å². The molecule has 0 bridgehead atoms. The predicted molar refractivity (Wildman–Crippen MR) is 75.6 cm³/mol. The Morgan fingerprint density at radius 1 is 1.32 bits per heavy atom. The minimum atomic E-state index is -0.833. The molecule has 1 atom stereocenters. The molecular weight excluding hydrogens is 244 g/mol. The van der Waals surface area contributed by atoms with E-state index in [9.17, 15) is 4.79 Å². The third-order valence-electron chi connectivity index (χ3n) is 2.90. The average molecular weight is 266 g/mol. The number of aliphatic carboxylic acids is 1. The number of hydrogen-bond donors (Lipinski definition) is 3. The Hall–Kier alpha value is -1.59. The van der Waals surface area contributed by atoms with Crippen LogP contribution < -0.4 is 10.2 Å². The molecule has 0 aliphatic carbocycles. The molecule has 0 aromatic heterocycles. The molecule has 0 fully saturated rings. The van der Waals surface area contributed by atoms with Crippen LogP contribution >= 0.6 is 0 Å². The van der Waals surface area contributed by atoms with Crippen molar-refractivity contribution >= 4 is 11.7 Å². The van der Waals surface area contributed by atoms with E-state index in [0.717, 1.165) is 11.3 Å². The van der Waals surface area contributed by atoms with Crippen LogP contribution in [0.2, 0.25) is 0 Å². The Bertz CT molecular complexity index is 390. The minimum Gasteiger partial charge on any atom is -0.481 e. The van der Waals surface area contributed by atoms with E-state index in [1.807, 2.05) is 43.3 Å². The third-order valence-corrected chi connectivity index (χ3v) is 2.90. The van der Waals surface area contributed by atoms with Gasteiger partial charge >= 0.3 is 5.97 Å². The third kappa shape index (κ3) is 5.72. The van der Waals surface area contributed by atoms with Crippen molar-refractivity contribution in [3.8, 4) is 0 Å². The zero-order valence-corrected chi connectivity index (χ0v) is 11.5. The second-order valence-corrected chi connectivity index (χ2v) is 4.74. The lowest BCUT2D eigenvalue weighted by Crippen LogP contribution is -2.35. The summed E-state index contributed by atoms with van der Waals surface area (Å²) in [7, 11) is 3.95. The average Bonchev–Trinajstić information content (AvgIpc) is 2.36. The van der Waals surface area contributed by atoms with Crippen molar-refractivity contribution in [3.63, 3.8) is 0 Å². The Balaban J connectivity index is 2.63. The molecule has 1 aromatic carbocycles. The van der Waals surface area contributed by atoms with Crippen molar-refractivity contribution in [1.82, 2.24) is 5.32 Å². The summed E-state index contributed by atoms with van der Waals surface area (Å²) in [5.74, 6) is -0.833. The van der Waals surface area contributed by atoms with E-state index in [4.69, 9.17) is 10.2 Å². The maximum atomic E-state index is 10.8. The van der Waals surface area contributed by atoms with E-state index in [2.05, 4.69) is 5.32 Å². The van der Waals surface area contributed by atoms with Gasteiger partial charge < -0.3 is 20.4 Å². The molecule has 0 aliphatic heterocycles. The molecule has 0 aliphatic rings. The van der Waals surface area contributed by atoms with E-state index in [0.29, 0.717) is 13.0 Å². The number of anilines is 1. The largest absolute Gasteiger partial charge is 0.481 e. The number of aliphatic hydroxyl groups excluding tert-OH is 1. The van der Waals surface area contributed by atoms with Crippen molar-refractivity contribution in [2.45, 2.75) is 18.9 Å². The van der Waals surface area contributed by atoms with Crippen LogP contribution in [0.1, 0.15) is 12.0 Å². The van der Waals surface area contributed by atoms with E-state index < -0.39 is 5.97 Å². The number of carboxylic acid groups (broad SMARTS) is 1. The van der Waals surface area contributed by atoms with Gasteiger partial charge in [-0.15, -0.1) is 0 Å². The first-order valence-corrected chi connectivity index (χ1v) is 6.35. The molecule has 1 unspecified atom stereocenters. The molecule has 1 aromatic rings. The highest BCUT2D eigenvalue weighted by Crippen LogP contribution is 2.14.